The maximum atomic E-state index is 11.8. The Morgan fingerprint density at radius 2 is 2.05 bits per heavy atom. The molecule has 118 valence electrons. The van der Waals surface area contributed by atoms with Gasteiger partial charge >= 0.3 is 6.09 Å². The molecule has 0 spiro atoms. The Kier molecular flexibility index (Phi) is 6.51. The first-order valence-electron chi connectivity index (χ1n) is 6.60. The number of carbonyl (C=O) groups is 1. The van der Waals surface area contributed by atoms with Crippen molar-refractivity contribution in [1.82, 2.24) is 5.32 Å². The molecule has 0 aliphatic rings. The van der Waals surface area contributed by atoms with Crippen LogP contribution in [-0.2, 0) is 17.8 Å². The summed E-state index contributed by atoms with van der Waals surface area (Å²) in [6, 6.07) is 10.6. The molecule has 1 aromatic carbocycles. The fraction of sp³-hybridized carbons (Fsp3) is 0.267. The molecule has 0 aliphatic heterocycles. The Bertz CT molecular complexity index is 619. The van der Waals surface area contributed by atoms with Gasteiger partial charge in [0.05, 0.1) is 21.3 Å². The summed E-state index contributed by atoms with van der Waals surface area (Å²) in [4.78, 5) is 11.8. The Balaban J connectivity index is 1.84. The summed E-state index contributed by atoms with van der Waals surface area (Å²) in [5.74, 6) is 0. The van der Waals surface area contributed by atoms with Crippen molar-refractivity contribution >= 4 is 40.6 Å². The minimum Gasteiger partial charge on any atom is -0.445 e. The van der Waals surface area contributed by atoms with E-state index in [0.29, 0.717) is 15.1 Å². The van der Waals surface area contributed by atoms with E-state index >= 15 is 0 Å². The average Bonchev–Trinajstić information content (AvgIpc) is 2.83. The maximum absolute atomic E-state index is 11.8. The van der Waals surface area contributed by atoms with Crippen molar-refractivity contribution in [3.63, 3.8) is 0 Å². The van der Waals surface area contributed by atoms with Crippen molar-refractivity contribution in [2.75, 3.05) is 6.61 Å². The van der Waals surface area contributed by atoms with Crippen molar-refractivity contribution in [2.45, 2.75) is 19.1 Å². The molecule has 2 aromatic rings. The number of thiophene rings is 1. The third kappa shape index (κ3) is 5.18. The van der Waals surface area contributed by atoms with E-state index in [1.165, 1.54) is 11.3 Å². The van der Waals surface area contributed by atoms with Gasteiger partial charge in [-0.2, -0.15) is 0 Å². The molecular formula is C15H15Cl2NO3S. The molecule has 0 fully saturated rings. The highest BCUT2D eigenvalue weighted by Crippen LogP contribution is 2.31. The molecule has 0 saturated heterocycles. The van der Waals surface area contributed by atoms with Gasteiger partial charge in [0.15, 0.2) is 0 Å². The van der Waals surface area contributed by atoms with Crippen LogP contribution in [0.3, 0.4) is 0 Å². The summed E-state index contributed by atoms with van der Waals surface area (Å²) >= 11 is 13.2. The van der Waals surface area contributed by atoms with Gasteiger partial charge in [-0.05, 0) is 23.6 Å². The van der Waals surface area contributed by atoms with Gasteiger partial charge < -0.3 is 15.2 Å². The minimum atomic E-state index is -0.583. The van der Waals surface area contributed by atoms with Gasteiger partial charge in [0, 0.05) is 0 Å². The van der Waals surface area contributed by atoms with Crippen LogP contribution in [0.4, 0.5) is 4.79 Å². The van der Waals surface area contributed by atoms with Gasteiger partial charge in [0.1, 0.15) is 6.61 Å². The molecule has 1 amide bonds. The van der Waals surface area contributed by atoms with Crippen LogP contribution in [0.5, 0.6) is 0 Å². The largest absolute Gasteiger partial charge is 0.445 e. The number of hydrogen-bond donors (Lipinski definition) is 2. The van der Waals surface area contributed by atoms with E-state index in [-0.39, 0.29) is 13.2 Å². The van der Waals surface area contributed by atoms with Crippen LogP contribution in [0, 0.1) is 0 Å². The fourth-order valence-electron chi connectivity index (χ4n) is 1.87. The molecule has 22 heavy (non-hydrogen) atoms. The molecule has 1 heterocycles. The summed E-state index contributed by atoms with van der Waals surface area (Å²) in [6.45, 7) is -0.0416. The maximum Gasteiger partial charge on any atom is 0.407 e. The van der Waals surface area contributed by atoms with E-state index in [2.05, 4.69) is 5.32 Å². The quantitative estimate of drug-likeness (QED) is 0.822. The summed E-state index contributed by atoms with van der Waals surface area (Å²) in [5.41, 5.74) is 1.69. The average molecular weight is 360 g/mol. The van der Waals surface area contributed by atoms with Crippen molar-refractivity contribution in [3.05, 3.63) is 56.2 Å². The number of carbonyl (C=O) groups excluding carboxylic acids is 1. The Morgan fingerprint density at radius 1 is 1.32 bits per heavy atom. The number of alkyl carbamates (subject to hydrolysis) is 1. The molecule has 4 nitrogen and oxygen atoms in total. The Morgan fingerprint density at radius 3 is 2.64 bits per heavy atom. The lowest BCUT2D eigenvalue weighted by molar-refractivity contribution is 0.129. The summed E-state index contributed by atoms with van der Waals surface area (Å²) < 4.78 is 6.25. The molecular weight excluding hydrogens is 345 g/mol. The predicted octanol–water partition coefficient (Wildman–Crippen LogP) is 3.88. The normalized spacial score (nSPS) is 12.0. The van der Waals surface area contributed by atoms with Crippen LogP contribution < -0.4 is 5.32 Å². The first-order valence-corrected chi connectivity index (χ1v) is 8.17. The fourth-order valence-corrected chi connectivity index (χ4v) is 3.38. The highest BCUT2D eigenvalue weighted by molar-refractivity contribution is 7.20. The molecule has 1 aromatic heterocycles. The van der Waals surface area contributed by atoms with E-state index in [9.17, 15) is 9.90 Å². The monoisotopic (exact) mass is 359 g/mol. The van der Waals surface area contributed by atoms with Gasteiger partial charge in [-0.15, -0.1) is 11.3 Å². The summed E-state index contributed by atoms with van der Waals surface area (Å²) in [5, 5.41) is 12.0. The number of rotatable bonds is 6. The number of hydrogen-bond acceptors (Lipinski definition) is 4. The summed E-state index contributed by atoms with van der Waals surface area (Å²) in [7, 11) is 0. The van der Waals surface area contributed by atoms with Crippen molar-refractivity contribution in [3.8, 4) is 0 Å². The molecule has 1 atom stereocenters. The lowest BCUT2D eigenvalue weighted by Crippen LogP contribution is -2.39. The number of aliphatic hydroxyl groups excluding tert-OH is 1. The molecule has 0 aliphatic carbocycles. The van der Waals surface area contributed by atoms with E-state index in [1.807, 2.05) is 30.3 Å². The van der Waals surface area contributed by atoms with Gasteiger partial charge in [0.2, 0.25) is 0 Å². The highest BCUT2D eigenvalue weighted by atomic mass is 35.5. The number of halogens is 2. The molecule has 1 unspecified atom stereocenters. The van der Waals surface area contributed by atoms with E-state index in [4.69, 9.17) is 27.9 Å². The molecule has 2 N–H and O–H groups in total. The first kappa shape index (κ1) is 17.1. The predicted molar refractivity (Wildman–Crippen MR) is 88.7 cm³/mol. The highest BCUT2D eigenvalue weighted by Gasteiger charge is 2.16. The van der Waals surface area contributed by atoms with Crippen LogP contribution in [0.2, 0.25) is 8.67 Å². The van der Waals surface area contributed by atoms with Gasteiger partial charge in [-0.1, -0.05) is 53.5 Å². The SMILES string of the molecule is O=C(NC(CO)Cc1cc(Cl)sc1Cl)OCc1ccccc1. The van der Waals surface area contributed by atoms with E-state index < -0.39 is 12.1 Å². The lowest BCUT2D eigenvalue weighted by Gasteiger charge is -2.16. The number of benzene rings is 1. The molecule has 0 bridgehead atoms. The van der Waals surface area contributed by atoms with E-state index in [1.54, 1.807) is 6.07 Å². The van der Waals surface area contributed by atoms with Crippen molar-refractivity contribution < 1.29 is 14.6 Å². The minimum absolute atomic E-state index is 0.176. The number of amides is 1. The Hall–Kier alpha value is -1.27. The number of nitrogens with one attached hydrogen (secondary N) is 1. The van der Waals surface area contributed by atoms with E-state index in [0.717, 1.165) is 11.1 Å². The standard InChI is InChI=1S/C15H15Cl2NO3S/c16-13-7-11(14(17)22-13)6-12(8-19)18-15(20)21-9-10-4-2-1-3-5-10/h1-5,7,12,19H,6,8-9H2,(H,18,20). The van der Waals surface area contributed by atoms with Crippen LogP contribution in [0.1, 0.15) is 11.1 Å². The van der Waals surface area contributed by atoms with Gasteiger partial charge in [0.25, 0.3) is 0 Å². The molecule has 7 heteroatoms. The zero-order valence-corrected chi connectivity index (χ0v) is 13.9. The molecule has 2 rings (SSSR count). The van der Waals surface area contributed by atoms with Crippen LogP contribution in [-0.4, -0.2) is 23.8 Å². The third-order valence-corrected chi connectivity index (χ3v) is 4.52. The zero-order chi connectivity index (χ0) is 15.9. The van der Waals surface area contributed by atoms with Crippen LogP contribution >= 0.6 is 34.5 Å². The molecule has 0 radical (unpaired) electrons. The lowest BCUT2D eigenvalue weighted by atomic mass is 10.1. The topological polar surface area (TPSA) is 58.6 Å². The summed E-state index contributed by atoms with van der Waals surface area (Å²) in [6.07, 6.45) is -0.195. The molecule has 0 saturated carbocycles. The number of aliphatic hydroxyl groups is 1. The third-order valence-electron chi connectivity index (χ3n) is 2.95. The van der Waals surface area contributed by atoms with Gasteiger partial charge in [-0.3, -0.25) is 0 Å². The second-order valence-electron chi connectivity index (χ2n) is 4.64. The second kappa shape index (κ2) is 8.39. The van der Waals surface area contributed by atoms with Crippen LogP contribution in [0.25, 0.3) is 0 Å². The smallest absolute Gasteiger partial charge is 0.407 e. The van der Waals surface area contributed by atoms with Crippen LogP contribution in [0.15, 0.2) is 36.4 Å². The Labute approximate surface area is 142 Å². The van der Waals surface area contributed by atoms with Crippen molar-refractivity contribution in [1.29, 1.82) is 0 Å². The van der Waals surface area contributed by atoms with Crippen molar-refractivity contribution in [2.24, 2.45) is 0 Å². The first-order chi connectivity index (χ1) is 10.6. The van der Waals surface area contributed by atoms with Gasteiger partial charge in [-0.25, -0.2) is 4.79 Å². The second-order valence-corrected chi connectivity index (χ2v) is 6.92. The number of ether oxygens (including phenoxy) is 1. The zero-order valence-electron chi connectivity index (χ0n) is 11.6.